The van der Waals surface area contributed by atoms with E-state index >= 15 is 0 Å². The predicted octanol–water partition coefficient (Wildman–Crippen LogP) is 3.37. The van der Waals surface area contributed by atoms with E-state index < -0.39 is 5.91 Å². The molecule has 1 amide bonds. The third kappa shape index (κ3) is 3.30. The molecule has 0 saturated heterocycles. The van der Waals surface area contributed by atoms with Gasteiger partial charge in [-0.3, -0.25) is 4.79 Å². The van der Waals surface area contributed by atoms with Crippen molar-refractivity contribution >= 4 is 57.2 Å². The molecule has 0 unspecified atom stereocenters. The van der Waals surface area contributed by atoms with Crippen LogP contribution in [-0.4, -0.2) is 5.91 Å². The number of anilines is 3. The van der Waals surface area contributed by atoms with Crippen LogP contribution in [0.25, 0.3) is 0 Å². The van der Waals surface area contributed by atoms with Crippen molar-refractivity contribution in [3.05, 3.63) is 50.6 Å². The van der Waals surface area contributed by atoms with Gasteiger partial charge < -0.3 is 16.8 Å². The lowest BCUT2D eigenvalue weighted by atomic mass is 10.1. The Labute approximate surface area is 129 Å². The van der Waals surface area contributed by atoms with Crippen molar-refractivity contribution in [1.82, 2.24) is 0 Å². The SMILES string of the molecule is NC(=O)c1ccc(Nc2ccc(Cl)cc2I)c(N)c1. The van der Waals surface area contributed by atoms with Crippen LogP contribution in [0.5, 0.6) is 0 Å². The first-order valence-corrected chi connectivity index (χ1v) is 6.84. The molecule has 0 heterocycles. The maximum Gasteiger partial charge on any atom is 0.248 e. The smallest absolute Gasteiger partial charge is 0.248 e. The van der Waals surface area contributed by atoms with Crippen LogP contribution in [0.15, 0.2) is 36.4 Å². The molecule has 0 radical (unpaired) electrons. The van der Waals surface area contributed by atoms with Gasteiger partial charge in [0.15, 0.2) is 0 Å². The molecule has 2 aromatic rings. The van der Waals surface area contributed by atoms with E-state index in [4.69, 9.17) is 23.1 Å². The fraction of sp³-hybridized carbons (Fsp3) is 0. The average Bonchev–Trinajstić information content (AvgIpc) is 2.34. The molecular weight excluding hydrogens is 377 g/mol. The summed E-state index contributed by atoms with van der Waals surface area (Å²) in [6.45, 7) is 0. The zero-order valence-corrected chi connectivity index (χ0v) is 12.7. The number of nitrogen functional groups attached to an aromatic ring is 1. The zero-order valence-electron chi connectivity index (χ0n) is 9.78. The standard InChI is InChI=1S/C13H11ClIN3O/c14-8-2-4-11(9(15)6-8)18-12-3-1-7(13(17)19)5-10(12)16/h1-6,18H,16H2,(H2,17,19). The number of amides is 1. The maximum atomic E-state index is 11.0. The van der Waals surface area contributed by atoms with E-state index in [1.54, 1.807) is 24.3 Å². The number of nitrogens with one attached hydrogen (secondary N) is 1. The first kappa shape index (κ1) is 14.0. The fourth-order valence-corrected chi connectivity index (χ4v) is 2.57. The van der Waals surface area contributed by atoms with Crippen LogP contribution in [0.2, 0.25) is 5.02 Å². The molecular formula is C13H11ClIN3O. The molecule has 0 bridgehead atoms. The van der Waals surface area contributed by atoms with Crippen LogP contribution in [0.1, 0.15) is 10.4 Å². The predicted molar refractivity (Wildman–Crippen MR) is 86.8 cm³/mol. The number of hydrogen-bond donors (Lipinski definition) is 3. The van der Waals surface area contributed by atoms with Gasteiger partial charge >= 0.3 is 0 Å². The zero-order chi connectivity index (χ0) is 14.0. The van der Waals surface area contributed by atoms with Gasteiger partial charge in [0.05, 0.1) is 17.1 Å². The van der Waals surface area contributed by atoms with Gasteiger partial charge in [0.1, 0.15) is 0 Å². The lowest BCUT2D eigenvalue weighted by Crippen LogP contribution is -2.11. The van der Waals surface area contributed by atoms with Crippen molar-refractivity contribution in [2.75, 3.05) is 11.1 Å². The number of primary amides is 1. The summed E-state index contributed by atoms with van der Waals surface area (Å²) < 4.78 is 0.975. The fourth-order valence-electron chi connectivity index (χ4n) is 1.57. The third-order valence-electron chi connectivity index (χ3n) is 2.54. The Bertz CT molecular complexity index is 646. The molecule has 0 fully saturated rings. The second-order valence-electron chi connectivity index (χ2n) is 3.92. The van der Waals surface area contributed by atoms with Gasteiger partial charge in [-0.05, 0) is 59.0 Å². The summed E-state index contributed by atoms with van der Waals surface area (Å²) in [5.74, 6) is -0.501. The molecule has 0 aromatic heterocycles. The van der Waals surface area contributed by atoms with Gasteiger partial charge in [-0.25, -0.2) is 0 Å². The van der Waals surface area contributed by atoms with Crippen molar-refractivity contribution in [2.45, 2.75) is 0 Å². The molecule has 2 aromatic carbocycles. The second kappa shape index (κ2) is 5.66. The summed E-state index contributed by atoms with van der Waals surface area (Å²) in [7, 11) is 0. The molecule has 0 atom stereocenters. The minimum atomic E-state index is -0.501. The summed E-state index contributed by atoms with van der Waals surface area (Å²) in [6, 6.07) is 10.4. The molecule has 4 nitrogen and oxygen atoms in total. The van der Waals surface area contributed by atoms with Crippen LogP contribution in [0.3, 0.4) is 0 Å². The molecule has 0 aliphatic carbocycles. The van der Waals surface area contributed by atoms with E-state index in [0.29, 0.717) is 22.0 Å². The number of carbonyl (C=O) groups excluding carboxylic acids is 1. The molecule has 0 spiro atoms. The molecule has 0 aliphatic heterocycles. The van der Waals surface area contributed by atoms with Crippen molar-refractivity contribution < 1.29 is 4.79 Å². The molecule has 5 N–H and O–H groups in total. The molecule has 19 heavy (non-hydrogen) atoms. The monoisotopic (exact) mass is 387 g/mol. The molecule has 6 heteroatoms. The summed E-state index contributed by atoms with van der Waals surface area (Å²) in [5, 5.41) is 3.86. The van der Waals surface area contributed by atoms with E-state index in [1.165, 1.54) is 0 Å². The summed E-state index contributed by atoms with van der Waals surface area (Å²) >= 11 is 8.08. The maximum absolute atomic E-state index is 11.0. The number of hydrogen-bond acceptors (Lipinski definition) is 3. The first-order valence-electron chi connectivity index (χ1n) is 5.39. The quantitative estimate of drug-likeness (QED) is 0.558. The Morgan fingerprint density at radius 2 is 1.84 bits per heavy atom. The lowest BCUT2D eigenvalue weighted by Gasteiger charge is -2.12. The van der Waals surface area contributed by atoms with E-state index in [2.05, 4.69) is 27.9 Å². The number of benzene rings is 2. The molecule has 98 valence electrons. The van der Waals surface area contributed by atoms with Gasteiger partial charge in [0, 0.05) is 14.2 Å². The van der Waals surface area contributed by atoms with Crippen molar-refractivity contribution in [1.29, 1.82) is 0 Å². The van der Waals surface area contributed by atoms with Crippen LogP contribution < -0.4 is 16.8 Å². The Hall–Kier alpha value is -1.47. The highest BCUT2D eigenvalue weighted by atomic mass is 127. The van der Waals surface area contributed by atoms with Gasteiger partial charge in [-0.1, -0.05) is 11.6 Å². The summed E-state index contributed by atoms with van der Waals surface area (Å²) in [5.41, 5.74) is 13.5. The number of rotatable bonds is 3. The molecule has 2 rings (SSSR count). The lowest BCUT2D eigenvalue weighted by molar-refractivity contribution is 0.100. The Balaban J connectivity index is 2.31. The largest absolute Gasteiger partial charge is 0.397 e. The van der Waals surface area contributed by atoms with Crippen LogP contribution in [0, 0.1) is 3.57 Å². The van der Waals surface area contributed by atoms with Gasteiger partial charge in [-0.2, -0.15) is 0 Å². The summed E-state index contributed by atoms with van der Waals surface area (Å²) in [6.07, 6.45) is 0. The minimum absolute atomic E-state index is 0.383. The Morgan fingerprint density at radius 1 is 1.16 bits per heavy atom. The van der Waals surface area contributed by atoms with Crippen LogP contribution in [0.4, 0.5) is 17.1 Å². The van der Waals surface area contributed by atoms with E-state index in [9.17, 15) is 4.79 Å². The number of carbonyl (C=O) groups is 1. The average molecular weight is 388 g/mol. The molecule has 0 aliphatic rings. The van der Waals surface area contributed by atoms with Gasteiger partial charge in [-0.15, -0.1) is 0 Å². The van der Waals surface area contributed by atoms with Crippen molar-refractivity contribution in [3.63, 3.8) is 0 Å². The van der Waals surface area contributed by atoms with E-state index in [-0.39, 0.29) is 0 Å². The number of nitrogens with two attached hydrogens (primary N) is 2. The highest BCUT2D eigenvalue weighted by Gasteiger charge is 2.07. The third-order valence-corrected chi connectivity index (χ3v) is 3.66. The second-order valence-corrected chi connectivity index (χ2v) is 5.51. The van der Waals surface area contributed by atoms with Crippen molar-refractivity contribution in [3.8, 4) is 0 Å². The molecule has 0 saturated carbocycles. The van der Waals surface area contributed by atoms with Gasteiger partial charge in [0.2, 0.25) is 5.91 Å². The van der Waals surface area contributed by atoms with E-state index in [1.807, 2.05) is 12.1 Å². The minimum Gasteiger partial charge on any atom is -0.397 e. The highest BCUT2D eigenvalue weighted by Crippen LogP contribution is 2.28. The van der Waals surface area contributed by atoms with E-state index in [0.717, 1.165) is 9.26 Å². The topological polar surface area (TPSA) is 81.1 Å². The normalized spacial score (nSPS) is 10.2. The van der Waals surface area contributed by atoms with Gasteiger partial charge in [0.25, 0.3) is 0 Å². The highest BCUT2D eigenvalue weighted by molar-refractivity contribution is 14.1. The van der Waals surface area contributed by atoms with Crippen LogP contribution in [-0.2, 0) is 0 Å². The first-order chi connectivity index (χ1) is 8.97. The summed E-state index contributed by atoms with van der Waals surface area (Å²) in [4.78, 5) is 11.0. The Kier molecular flexibility index (Phi) is 4.16. The van der Waals surface area contributed by atoms with Crippen molar-refractivity contribution in [2.24, 2.45) is 5.73 Å². The van der Waals surface area contributed by atoms with Crippen LogP contribution >= 0.6 is 34.2 Å². The number of halogens is 2. The Morgan fingerprint density at radius 3 is 2.42 bits per heavy atom.